The molecule has 3 aromatic rings. The maximum atomic E-state index is 12.9. The van der Waals surface area contributed by atoms with Crippen molar-refractivity contribution in [1.29, 1.82) is 0 Å². The molecule has 3 aromatic carbocycles. The van der Waals surface area contributed by atoms with E-state index in [-0.39, 0.29) is 23.0 Å². The molecule has 0 fully saturated rings. The molecular weight excluding hydrogens is 606 g/mol. The highest BCUT2D eigenvalue weighted by Gasteiger charge is 2.34. The molecule has 212 valence electrons. The van der Waals surface area contributed by atoms with Gasteiger partial charge in [0.1, 0.15) is 23.0 Å². The van der Waals surface area contributed by atoms with Gasteiger partial charge in [0.05, 0.1) is 18.1 Å². The lowest BCUT2D eigenvalue weighted by atomic mass is 10.1. The second-order valence-electron chi connectivity index (χ2n) is 9.17. The van der Waals surface area contributed by atoms with Crippen LogP contribution in [0.15, 0.2) is 86.4 Å². The quantitative estimate of drug-likeness (QED) is 0.240. The Kier molecular flexibility index (Phi) is 10.1. The second kappa shape index (κ2) is 13.7. The van der Waals surface area contributed by atoms with Crippen molar-refractivity contribution in [2.45, 2.75) is 34.3 Å². The average Bonchev–Trinajstić information content (AvgIpc) is 3.25. The maximum Gasteiger partial charge on any atom is 0.344 e. The minimum atomic E-state index is -0.759. The van der Waals surface area contributed by atoms with Crippen LogP contribution in [0.5, 0.6) is 11.5 Å². The molecule has 0 bridgehead atoms. The normalized spacial score (nSPS) is 15.0. The van der Waals surface area contributed by atoms with E-state index in [1.165, 1.54) is 5.56 Å². The fraction of sp³-hybridized carbons (Fsp3) is 0.219. The topological polar surface area (TPSA) is 94.4 Å². The second-order valence-corrected chi connectivity index (χ2v) is 11.1. The highest BCUT2D eigenvalue weighted by atomic mass is 79.9. The highest BCUT2D eigenvalue weighted by Crippen LogP contribution is 2.42. The van der Waals surface area contributed by atoms with E-state index in [0.717, 1.165) is 22.9 Å². The first-order valence-corrected chi connectivity index (χ1v) is 14.7. The molecule has 1 aliphatic rings. The van der Waals surface area contributed by atoms with E-state index in [1.54, 1.807) is 37.3 Å². The van der Waals surface area contributed by atoms with Gasteiger partial charge < -0.3 is 19.3 Å². The monoisotopic (exact) mass is 635 g/mol. The summed E-state index contributed by atoms with van der Waals surface area (Å²) < 4.78 is 17.8. The Morgan fingerprint density at radius 2 is 1.56 bits per heavy atom. The third-order valence-electron chi connectivity index (χ3n) is 6.04. The number of hydrogen-bond donors (Lipinski definition) is 1. The number of halogens is 1. The largest absolute Gasteiger partial charge is 0.506 e. The van der Waals surface area contributed by atoms with Gasteiger partial charge in [-0.2, -0.15) is 0 Å². The number of carbonyl (C=O) groups is 2. The number of carbonyl (C=O) groups excluding carboxylic acids is 2. The fourth-order valence-electron chi connectivity index (χ4n) is 3.87. The number of rotatable bonds is 9. The van der Waals surface area contributed by atoms with Crippen molar-refractivity contribution < 1.29 is 28.9 Å². The van der Waals surface area contributed by atoms with Gasteiger partial charge in [-0.05, 0) is 69.2 Å². The molecule has 0 aromatic heterocycles. The van der Waals surface area contributed by atoms with Gasteiger partial charge in [-0.3, -0.25) is 4.79 Å². The molecule has 1 aliphatic heterocycles. The van der Waals surface area contributed by atoms with Gasteiger partial charge in [-0.25, -0.2) is 9.79 Å². The van der Waals surface area contributed by atoms with E-state index in [1.807, 2.05) is 57.2 Å². The first-order chi connectivity index (χ1) is 19.7. The number of hydrogen-bond acceptors (Lipinski definition) is 7. The van der Waals surface area contributed by atoms with E-state index < -0.39 is 11.9 Å². The zero-order valence-corrected chi connectivity index (χ0v) is 25.6. The number of benzene rings is 3. The molecule has 0 saturated heterocycles. The van der Waals surface area contributed by atoms with Gasteiger partial charge in [-0.1, -0.05) is 75.2 Å². The Morgan fingerprint density at radius 1 is 0.927 bits per heavy atom. The minimum Gasteiger partial charge on any atom is -0.506 e. The summed E-state index contributed by atoms with van der Waals surface area (Å²) in [7, 11) is 0. The first-order valence-electron chi connectivity index (χ1n) is 13.0. The lowest BCUT2D eigenvalue weighted by Crippen LogP contribution is -2.14. The lowest BCUT2D eigenvalue weighted by Gasteiger charge is -2.14. The molecule has 7 nitrogen and oxygen atoms in total. The molecule has 1 amide bonds. The fourth-order valence-corrected chi connectivity index (χ4v) is 5.31. The van der Waals surface area contributed by atoms with Crippen molar-refractivity contribution in [2.24, 2.45) is 4.99 Å². The third kappa shape index (κ3) is 7.48. The number of thioether (sulfide) groups is 1. The van der Waals surface area contributed by atoms with Crippen LogP contribution in [-0.2, 0) is 16.1 Å². The SMILES string of the molecule is CCOC(=O)C1=C(O)/C(=C/c2cc(OCC)c(OCc3ccc(C)cc3)cc2Br)SC1=NC(=O)c1ccc(C)cc1. The summed E-state index contributed by atoms with van der Waals surface area (Å²) in [6.07, 6.45) is 1.69. The van der Waals surface area contributed by atoms with Crippen LogP contribution in [0.3, 0.4) is 0 Å². The standard InChI is InChI=1S/C32H30BrNO6S/c1-5-38-25-15-23(24(33)17-26(25)40-18-21-11-7-19(3)8-12-21)16-27-29(35)28(32(37)39-6-2)31(41-27)34-30(36)22-13-9-20(4)10-14-22/h7-17,35H,5-6,18H2,1-4H3/b27-16-,34-31?. The molecule has 0 aliphatic carbocycles. The van der Waals surface area contributed by atoms with E-state index in [2.05, 4.69) is 20.9 Å². The number of aliphatic hydroxyl groups is 1. The Hall–Kier alpha value is -3.82. The number of aliphatic imine (C=N–C) groups is 1. The molecule has 4 rings (SSSR count). The summed E-state index contributed by atoms with van der Waals surface area (Å²) >= 11 is 4.61. The van der Waals surface area contributed by atoms with Crippen molar-refractivity contribution in [3.05, 3.63) is 109 Å². The summed E-state index contributed by atoms with van der Waals surface area (Å²) in [5.41, 5.74) is 4.08. The molecule has 9 heteroatoms. The Labute approximate surface area is 252 Å². The van der Waals surface area contributed by atoms with Gasteiger partial charge in [0, 0.05) is 10.0 Å². The van der Waals surface area contributed by atoms with Gasteiger partial charge in [-0.15, -0.1) is 0 Å². The summed E-state index contributed by atoms with van der Waals surface area (Å²) in [4.78, 5) is 30.2. The van der Waals surface area contributed by atoms with Crippen LogP contribution < -0.4 is 9.47 Å². The Balaban J connectivity index is 1.67. The summed E-state index contributed by atoms with van der Waals surface area (Å²) in [6, 6.07) is 18.6. The molecule has 0 radical (unpaired) electrons. The Bertz CT molecular complexity index is 1540. The highest BCUT2D eigenvalue weighted by molar-refractivity contribution is 9.10. The molecule has 0 spiro atoms. The number of aliphatic hydroxyl groups excluding tert-OH is 1. The van der Waals surface area contributed by atoms with E-state index in [0.29, 0.717) is 45.2 Å². The van der Waals surface area contributed by atoms with Crippen LogP contribution in [-0.4, -0.2) is 35.2 Å². The summed E-state index contributed by atoms with van der Waals surface area (Å²) in [6.45, 7) is 8.38. The number of ether oxygens (including phenoxy) is 3. The van der Waals surface area contributed by atoms with Gasteiger partial charge in [0.2, 0.25) is 0 Å². The zero-order chi connectivity index (χ0) is 29.5. The zero-order valence-electron chi connectivity index (χ0n) is 23.2. The van der Waals surface area contributed by atoms with E-state index in [4.69, 9.17) is 14.2 Å². The Morgan fingerprint density at radius 3 is 2.20 bits per heavy atom. The van der Waals surface area contributed by atoms with Gasteiger partial charge in [0.25, 0.3) is 5.91 Å². The summed E-state index contributed by atoms with van der Waals surface area (Å²) in [5.74, 6) is -0.523. The van der Waals surface area contributed by atoms with Crippen LogP contribution >= 0.6 is 27.7 Å². The van der Waals surface area contributed by atoms with Crippen LogP contribution in [0.4, 0.5) is 0 Å². The molecule has 41 heavy (non-hydrogen) atoms. The maximum absolute atomic E-state index is 12.9. The van der Waals surface area contributed by atoms with Crippen molar-refractivity contribution >= 4 is 50.7 Å². The molecular formula is C32H30BrNO6S. The van der Waals surface area contributed by atoms with Crippen LogP contribution in [0.2, 0.25) is 0 Å². The number of amides is 1. The summed E-state index contributed by atoms with van der Waals surface area (Å²) in [5, 5.41) is 11.1. The molecule has 0 saturated carbocycles. The predicted octanol–water partition coefficient (Wildman–Crippen LogP) is 7.75. The number of nitrogens with zero attached hydrogens (tertiary/aromatic N) is 1. The lowest BCUT2D eigenvalue weighted by molar-refractivity contribution is -0.138. The van der Waals surface area contributed by atoms with E-state index >= 15 is 0 Å². The van der Waals surface area contributed by atoms with Crippen LogP contribution in [0, 0.1) is 13.8 Å². The smallest absolute Gasteiger partial charge is 0.344 e. The number of esters is 1. The third-order valence-corrected chi connectivity index (χ3v) is 7.74. The van der Waals surface area contributed by atoms with Gasteiger partial charge in [0.15, 0.2) is 11.5 Å². The van der Waals surface area contributed by atoms with Crippen molar-refractivity contribution in [1.82, 2.24) is 0 Å². The number of aryl methyl sites for hydroxylation is 2. The predicted molar refractivity (Wildman–Crippen MR) is 166 cm³/mol. The van der Waals surface area contributed by atoms with Crippen LogP contribution in [0.25, 0.3) is 6.08 Å². The van der Waals surface area contributed by atoms with Crippen molar-refractivity contribution in [2.75, 3.05) is 13.2 Å². The van der Waals surface area contributed by atoms with E-state index in [9.17, 15) is 14.7 Å². The van der Waals surface area contributed by atoms with Gasteiger partial charge >= 0.3 is 5.97 Å². The average molecular weight is 637 g/mol. The van der Waals surface area contributed by atoms with Crippen molar-refractivity contribution in [3.63, 3.8) is 0 Å². The van der Waals surface area contributed by atoms with Crippen LogP contribution in [0.1, 0.15) is 46.5 Å². The molecule has 1 N–H and O–H groups in total. The molecule has 0 unspecified atom stereocenters. The first kappa shape index (κ1) is 30.1. The van der Waals surface area contributed by atoms with Crippen molar-refractivity contribution in [3.8, 4) is 11.5 Å². The minimum absolute atomic E-state index is 0.0666. The molecule has 1 heterocycles. The molecule has 0 atom stereocenters.